The van der Waals surface area contributed by atoms with Gasteiger partial charge in [-0.3, -0.25) is 14.8 Å². The van der Waals surface area contributed by atoms with E-state index in [0.717, 1.165) is 16.9 Å². The summed E-state index contributed by atoms with van der Waals surface area (Å²) >= 11 is 7.51. The molecular formula is C18H15ClN4O2S. The highest BCUT2D eigenvalue weighted by molar-refractivity contribution is 8.00. The van der Waals surface area contributed by atoms with E-state index in [0.29, 0.717) is 22.5 Å². The van der Waals surface area contributed by atoms with Crippen molar-refractivity contribution in [2.24, 2.45) is 0 Å². The Morgan fingerprint density at radius 1 is 1.19 bits per heavy atom. The average Bonchev–Trinajstić information content (AvgIpc) is 3.29. The lowest BCUT2D eigenvalue weighted by Gasteiger charge is -2.20. The summed E-state index contributed by atoms with van der Waals surface area (Å²) < 4.78 is 5.17. The SMILES string of the molecule is COc1ccc(-c2nc(N3C(=O)CSC3c3ccc(Cl)cc3)n[nH]2)cc1. The molecule has 3 aromatic rings. The minimum absolute atomic E-state index is 0.0183. The van der Waals surface area contributed by atoms with Gasteiger partial charge in [-0.05, 0) is 42.0 Å². The summed E-state index contributed by atoms with van der Waals surface area (Å²) in [5, 5.41) is 7.67. The van der Waals surface area contributed by atoms with Crippen molar-refractivity contribution in [3.05, 3.63) is 59.1 Å². The number of carbonyl (C=O) groups is 1. The second-order valence-corrected chi connectivity index (χ2v) is 7.20. The number of H-pyrrole nitrogens is 1. The fraction of sp³-hybridized carbons (Fsp3) is 0.167. The maximum absolute atomic E-state index is 12.4. The first kappa shape index (κ1) is 16.9. The first-order valence-electron chi connectivity index (χ1n) is 7.91. The smallest absolute Gasteiger partial charge is 0.252 e. The molecule has 1 atom stereocenters. The number of aromatic nitrogens is 3. The van der Waals surface area contributed by atoms with E-state index in [1.54, 1.807) is 23.8 Å². The van der Waals surface area contributed by atoms with Gasteiger partial charge in [-0.2, -0.15) is 4.98 Å². The standard InChI is InChI=1S/C18H15ClN4O2S/c1-25-14-8-4-11(5-9-14)16-20-18(22-21-16)23-15(24)10-26-17(23)12-2-6-13(19)7-3-12/h2-9,17H,10H2,1H3,(H,20,21,22). The number of aromatic amines is 1. The zero-order chi connectivity index (χ0) is 18.1. The minimum atomic E-state index is -0.167. The normalized spacial score (nSPS) is 16.9. The first-order valence-corrected chi connectivity index (χ1v) is 9.34. The molecule has 1 aliphatic heterocycles. The van der Waals surface area contributed by atoms with E-state index in [1.807, 2.05) is 48.5 Å². The lowest BCUT2D eigenvalue weighted by molar-refractivity contribution is -0.115. The van der Waals surface area contributed by atoms with Crippen molar-refractivity contribution in [3.63, 3.8) is 0 Å². The molecule has 1 aromatic heterocycles. The third-order valence-corrected chi connectivity index (χ3v) is 5.54. The molecule has 8 heteroatoms. The number of hydrogen-bond donors (Lipinski definition) is 1. The van der Waals surface area contributed by atoms with Crippen LogP contribution in [-0.4, -0.2) is 34.0 Å². The number of carbonyl (C=O) groups excluding carboxylic acids is 1. The van der Waals surface area contributed by atoms with E-state index in [4.69, 9.17) is 16.3 Å². The van der Waals surface area contributed by atoms with Crippen LogP contribution in [0, 0.1) is 0 Å². The zero-order valence-electron chi connectivity index (χ0n) is 13.8. The van der Waals surface area contributed by atoms with E-state index in [1.165, 1.54) is 0 Å². The van der Waals surface area contributed by atoms with E-state index in [9.17, 15) is 4.79 Å². The molecule has 1 saturated heterocycles. The van der Waals surface area contributed by atoms with Crippen LogP contribution in [0.1, 0.15) is 10.9 Å². The Labute approximate surface area is 159 Å². The summed E-state index contributed by atoms with van der Waals surface area (Å²) in [7, 11) is 1.62. The fourth-order valence-corrected chi connectivity index (χ4v) is 4.03. The Morgan fingerprint density at radius 2 is 1.92 bits per heavy atom. The van der Waals surface area contributed by atoms with Crippen LogP contribution in [0.4, 0.5) is 5.95 Å². The van der Waals surface area contributed by atoms with Crippen LogP contribution in [0.5, 0.6) is 5.75 Å². The van der Waals surface area contributed by atoms with Crippen LogP contribution in [-0.2, 0) is 4.79 Å². The Balaban J connectivity index is 1.64. The molecule has 132 valence electrons. The number of benzene rings is 2. The van der Waals surface area contributed by atoms with Gasteiger partial charge in [0.25, 0.3) is 5.95 Å². The molecule has 1 amide bonds. The molecule has 2 heterocycles. The molecule has 1 aliphatic rings. The molecule has 0 spiro atoms. The van der Waals surface area contributed by atoms with Crippen molar-refractivity contribution >= 4 is 35.2 Å². The van der Waals surface area contributed by atoms with E-state index >= 15 is 0 Å². The molecule has 6 nitrogen and oxygen atoms in total. The lowest BCUT2D eigenvalue weighted by Crippen LogP contribution is -2.28. The summed E-state index contributed by atoms with van der Waals surface area (Å²) in [6.07, 6.45) is 0. The number of nitrogens with zero attached hydrogens (tertiary/aromatic N) is 3. The zero-order valence-corrected chi connectivity index (χ0v) is 15.4. The average molecular weight is 387 g/mol. The quantitative estimate of drug-likeness (QED) is 0.736. The molecule has 1 fully saturated rings. The monoisotopic (exact) mass is 386 g/mol. The summed E-state index contributed by atoms with van der Waals surface area (Å²) in [4.78, 5) is 18.6. The summed E-state index contributed by atoms with van der Waals surface area (Å²) in [6.45, 7) is 0. The van der Waals surface area contributed by atoms with Gasteiger partial charge in [0.15, 0.2) is 5.82 Å². The maximum atomic E-state index is 12.4. The van der Waals surface area contributed by atoms with Crippen molar-refractivity contribution in [2.75, 3.05) is 17.8 Å². The molecular weight excluding hydrogens is 372 g/mol. The van der Waals surface area contributed by atoms with Gasteiger partial charge in [-0.1, -0.05) is 23.7 Å². The van der Waals surface area contributed by atoms with E-state index in [-0.39, 0.29) is 11.3 Å². The van der Waals surface area contributed by atoms with E-state index in [2.05, 4.69) is 15.2 Å². The maximum Gasteiger partial charge on any atom is 0.252 e. The second-order valence-electron chi connectivity index (χ2n) is 5.69. The van der Waals surface area contributed by atoms with Gasteiger partial charge in [-0.25, -0.2) is 0 Å². The second kappa shape index (κ2) is 7.01. The Bertz CT molecular complexity index is 927. The molecule has 1 N–H and O–H groups in total. The Hall–Kier alpha value is -2.51. The van der Waals surface area contributed by atoms with Gasteiger partial charge in [0.05, 0.1) is 12.9 Å². The molecule has 4 rings (SSSR count). The highest BCUT2D eigenvalue weighted by Gasteiger charge is 2.36. The predicted molar refractivity (Wildman–Crippen MR) is 103 cm³/mol. The number of anilines is 1. The Kier molecular flexibility index (Phi) is 4.57. The largest absolute Gasteiger partial charge is 0.497 e. The number of ether oxygens (including phenoxy) is 1. The fourth-order valence-electron chi connectivity index (χ4n) is 2.75. The molecule has 0 saturated carbocycles. The number of halogens is 1. The van der Waals surface area contributed by atoms with Crippen molar-refractivity contribution in [2.45, 2.75) is 5.37 Å². The first-order chi connectivity index (χ1) is 12.7. The van der Waals surface area contributed by atoms with Gasteiger partial charge < -0.3 is 4.74 Å². The van der Waals surface area contributed by atoms with Crippen LogP contribution in [0.25, 0.3) is 11.4 Å². The number of nitrogens with one attached hydrogen (secondary N) is 1. The molecule has 0 radical (unpaired) electrons. The summed E-state index contributed by atoms with van der Waals surface area (Å²) in [5.41, 5.74) is 1.85. The van der Waals surface area contributed by atoms with Crippen LogP contribution < -0.4 is 9.64 Å². The summed E-state index contributed by atoms with van der Waals surface area (Å²) in [5.74, 6) is 2.10. The number of rotatable bonds is 4. The third kappa shape index (κ3) is 3.15. The van der Waals surface area contributed by atoms with Crippen LogP contribution in [0.2, 0.25) is 5.02 Å². The van der Waals surface area contributed by atoms with Gasteiger partial charge in [-0.15, -0.1) is 16.9 Å². The predicted octanol–water partition coefficient (Wildman–Crippen LogP) is 3.91. The molecule has 2 aromatic carbocycles. The topological polar surface area (TPSA) is 71.1 Å². The third-order valence-electron chi connectivity index (χ3n) is 4.08. The highest BCUT2D eigenvalue weighted by Crippen LogP contribution is 2.41. The molecule has 0 bridgehead atoms. The molecule has 26 heavy (non-hydrogen) atoms. The highest BCUT2D eigenvalue weighted by atomic mass is 35.5. The summed E-state index contributed by atoms with van der Waals surface area (Å²) in [6, 6.07) is 15.0. The Morgan fingerprint density at radius 3 is 2.62 bits per heavy atom. The van der Waals surface area contributed by atoms with Crippen LogP contribution in [0.3, 0.4) is 0 Å². The molecule has 0 aliphatic carbocycles. The minimum Gasteiger partial charge on any atom is -0.497 e. The number of amides is 1. The van der Waals surface area contributed by atoms with Gasteiger partial charge >= 0.3 is 0 Å². The number of hydrogen-bond acceptors (Lipinski definition) is 5. The van der Waals surface area contributed by atoms with Gasteiger partial charge in [0, 0.05) is 10.6 Å². The van der Waals surface area contributed by atoms with Crippen molar-refractivity contribution in [1.29, 1.82) is 0 Å². The van der Waals surface area contributed by atoms with Crippen LogP contribution >= 0.6 is 23.4 Å². The van der Waals surface area contributed by atoms with Gasteiger partial charge in [0.2, 0.25) is 5.91 Å². The number of thioether (sulfide) groups is 1. The van der Waals surface area contributed by atoms with Crippen LogP contribution in [0.15, 0.2) is 48.5 Å². The van der Waals surface area contributed by atoms with Gasteiger partial charge in [0.1, 0.15) is 11.1 Å². The van der Waals surface area contributed by atoms with Crippen molar-refractivity contribution in [3.8, 4) is 17.1 Å². The van der Waals surface area contributed by atoms with Crippen molar-refractivity contribution < 1.29 is 9.53 Å². The van der Waals surface area contributed by atoms with Crippen molar-refractivity contribution in [1.82, 2.24) is 15.2 Å². The number of methoxy groups -OCH3 is 1. The lowest BCUT2D eigenvalue weighted by atomic mass is 10.2. The molecule has 1 unspecified atom stereocenters. The van der Waals surface area contributed by atoms with E-state index < -0.39 is 0 Å².